The molecule has 0 heterocycles. The van der Waals surface area contributed by atoms with Gasteiger partial charge >= 0.3 is 0 Å². The molecule has 0 bridgehead atoms. The molecule has 0 aliphatic rings. The van der Waals surface area contributed by atoms with Crippen molar-refractivity contribution >= 4 is 17.9 Å². The molecule has 1 N–H and O–H groups in total. The molecule has 0 aliphatic heterocycles. The number of phenolic OH excluding ortho intramolecular Hbond substituents is 1. The van der Waals surface area contributed by atoms with Gasteiger partial charge in [0.25, 0.3) is 0 Å². The Labute approximate surface area is 222 Å². The fraction of sp³-hybridized carbons (Fsp3) is 0.233. The predicted octanol–water partition coefficient (Wildman–Crippen LogP) is 5.60. The van der Waals surface area contributed by atoms with Crippen LogP contribution in [0.25, 0.3) is 12.2 Å². The van der Waals surface area contributed by atoms with E-state index < -0.39 is 0 Å². The number of ketones is 1. The maximum Gasteiger partial charge on any atom is 0.203 e. The molecule has 3 rings (SSSR count). The van der Waals surface area contributed by atoms with Crippen LogP contribution in [0.3, 0.4) is 0 Å². The van der Waals surface area contributed by atoms with Crippen molar-refractivity contribution < 1.29 is 38.3 Å². The van der Waals surface area contributed by atoms with E-state index in [2.05, 4.69) is 0 Å². The van der Waals surface area contributed by atoms with Crippen molar-refractivity contribution in [1.82, 2.24) is 0 Å². The van der Waals surface area contributed by atoms with Gasteiger partial charge in [0.15, 0.2) is 40.3 Å². The van der Waals surface area contributed by atoms with Crippen LogP contribution in [0.4, 0.5) is 0 Å². The van der Waals surface area contributed by atoms with Crippen LogP contribution in [0.2, 0.25) is 0 Å². The lowest BCUT2D eigenvalue weighted by molar-refractivity contribution is 0.104. The van der Waals surface area contributed by atoms with Crippen molar-refractivity contribution in [2.75, 3.05) is 42.7 Å². The number of hydrogen-bond acceptors (Lipinski definition) is 8. The Kier molecular flexibility index (Phi) is 9.65. The minimum atomic E-state index is -0.238. The highest BCUT2D eigenvalue weighted by Gasteiger charge is 2.13. The Hall–Kier alpha value is -4.59. The molecule has 0 aromatic heterocycles. The van der Waals surface area contributed by atoms with Crippen LogP contribution in [-0.4, -0.2) is 53.5 Å². The van der Waals surface area contributed by atoms with Crippen LogP contribution in [0, 0.1) is 0 Å². The summed E-state index contributed by atoms with van der Waals surface area (Å²) in [6.07, 6.45) is 7.55. The quantitative estimate of drug-likeness (QED) is 0.188. The molecule has 0 saturated carbocycles. The molecule has 0 amide bonds. The summed E-state index contributed by atoms with van der Waals surface area (Å²) < 4.78 is 32.3. The SMILES string of the molecule is COc1ccc(C(=O)/C=C\Cc2cc(OC)c(OC)cc2/C=C\c2cc(OC)c(OC)c(OC)c2)cc1O. The Bertz CT molecular complexity index is 1320. The lowest BCUT2D eigenvalue weighted by Gasteiger charge is -2.14. The number of rotatable bonds is 12. The molecule has 3 aromatic carbocycles. The molecule has 0 spiro atoms. The number of carbonyl (C=O) groups excluding carboxylic acids is 1. The molecule has 8 nitrogen and oxygen atoms in total. The third-order valence-corrected chi connectivity index (χ3v) is 5.86. The second-order valence-corrected chi connectivity index (χ2v) is 8.06. The van der Waals surface area contributed by atoms with E-state index in [9.17, 15) is 9.90 Å². The van der Waals surface area contributed by atoms with Crippen molar-refractivity contribution in [3.05, 3.63) is 76.9 Å². The van der Waals surface area contributed by atoms with Crippen LogP contribution in [-0.2, 0) is 6.42 Å². The molecule has 8 heteroatoms. The summed E-state index contributed by atoms with van der Waals surface area (Å²) in [6.45, 7) is 0. The first-order valence-electron chi connectivity index (χ1n) is 11.7. The molecule has 3 aromatic rings. The smallest absolute Gasteiger partial charge is 0.203 e. The van der Waals surface area contributed by atoms with Crippen LogP contribution in [0.15, 0.2) is 54.6 Å². The molecule has 0 unspecified atom stereocenters. The van der Waals surface area contributed by atoms with Gasteiger partial charge in [-0.2, -0.15) is 0 Å². The summed E-state index contributed by atoms with van der Waals surface area (Å²) >= 11 is 0. The maximum absolute atomic E-state index is 12.6. The fourth-order valence-electron chi connectivity index (χ4n) is 3.88. The van der Waals surface area contributed by atoms with Gasteiger partial charge in [-0.15, -0.1) is 0 Å². The molecule has 0 saturated heterocycles. The van der Waals surface area contributed by atoms with Gasteiger partial charge in [-0.1, -0.05) is 18.2 Å². The summed E-state index contributed by atoms with van der Waals surface area (Å²) in [5.41, 5.74) is 2.98. The summed E-state index contributed by atoms with van der Waals surface area (Å²) in [4.78, 5) is 12.6. The highest BCUT2D eigenvalue weighted by atomic mass is 16.5. The van der Waals surface area contributed by atoms with Crippen LogP contribution >= 0.6 is 0 Å². The zero-order valence-corrected chi connectivity index (χ0v) is 22.4. The number of carbonyl (C=O) groups is 1. The Morgan fingerprint density at radius 1 is 0.711 bits per heavy atom. The average Bonchev–Trinajstić information content (AvgIpc) is 2.95. The molecular formula is C30H32O8. The standard InChI is InChI=1S/C30H32O8/c1-33-25-13-12-22(16-24(25)32)23(31)9-7-8-20-17-26(34-2)27(35-3)18-21(20)11-10-19-14-28(36-4)30(38-6)29(15-19)37-5/h7,9-18,32H,8H2,1-6H3/b9-7-,11-10-. The Morgan fingerprint density at radius 3 is 1.87 bits per heavy atom. The molecule has 0 atom stereocenters. The predicted molar refractivity (Wildman–Crippen MR) is 146 cm³/mol. The highest BCUT2D eigenvalue weighted by Crippen LogP contribution is 2.39. The fourth-order valence-corrected chi connectivity index (χ4v) is 3.88. The first-order chi connectivity index (χ1) is 18.4. The third-order valence-electron chi connectivity index (χ3n) is 5.86. The summed E-state index contributed by atoms with van der Waals surface area (Å²) in [5.74, 6) is 2.74. The van der Waals surface area contributed by atoms with Gasteiger partial charge < -0.3 is 33.5 Å². The number of allylic oxidation sites excluding steroid dienone is 2. The second kappa shape index (κ2) is 13.1. The van der Waals surface area contributed by atoms with E-state index in [1.165, 1.54) is 19.3 Å². The molecule has 200 valence electrons. The summed E-state index contributed by atoms with van der Waals surface area (Å²) in [6, 6.07) is 12.0. The van der Waals surface area contributed by atoms with Crippen molar-refractivity contribution in [1.29, 1.82) is 0 Å². The van der Waals surface area contributed by atoms with Crippen LogP contribution in [0.5, 0.6) is 40.2 Å². The topological polar surface area (TPSA) is 92.7 Å². The molecular weight excluding hydrogens is 488 g/mol. The van der Waals surface area contributed by atoms with E-state index in [0.717, 1.165) is 16.7 Å². The van der Waals surface area contributed by atoms with Crippen LogP contribution < -0.4 is 28.4 Å². The van der Waals surface area contributed by atoms with Gasteiger partial charge in [-0.25, -0.2) is 0 Å². The van der Waals surface area contributed by atoms with E-state index in [4.69, 9.17) is 28.4 Å². The Balaban J connectivity index is 1.92. The van der Waals surface area contributed by atoms with Gasteiger partial charge in [0.1, 0.15) is 0 Å². The zero-order valence-electron chi connectivity index (χ0n) is 22.4. The number of phenols is 1. The number of ether oxygens (including phenoxy) is 6. The number of aromatic hydroxyl groups is 1. The zero-order chi connectivity index (χ0) is 27.7. The lowest BCUT2D eigenvalue weighted by atomic mass is 10.0. The molecule has 0 fully saturated rings. The van der Waals surface area contributed by atoms with E-state index in [-0.39, 0.29) is 11.5 Å². The lowest BCUT2D eigenvalue weighted by Crippen LogP contribution is -1.97. The number of hydrogen-bond donors (Lipinski definition) is 1. The highest BCUT2D eigenvalue weighted by molar-refractivity contribution is 6.04. The first kappa shape index (κ1) is 28.0. The van der Waals surface area contributed by atoms with Gasteiger partial charge in [0.05, 0.1) is 42.7 Å². The van der Waals surface area contributed by atoms with Gasteiger partial charge in [0.2, 0.25) is 5.75 Å². The number of benzene rings is 3. The summed E-state index contributed by atoms with van der Waals surface area (Å²) in [7, 11) is 9.29. The maximum atomic E-state index is 12.6. The van der Waals surface area contributed by atoms with Crippen LogP contribution in [0.1, 0.15) is 27.0 Å². The first-order valence-corrected chi connectivity index (χ1v) is 11.7. The van der Waals surface area contributed by atoms with Gasteiger partial charge in [-0.3, -0.25) is 4.79 Å². The van der Waals surface area contributed by atoms with Gasteiger partial charge in [0, 0.05) is 5.56 Å². The van der Waals surface area contributed by atoms with E-state index >= 15 is 0 Å². The monoisotopic (exact) mass is 520 g/mol. The molecule has 0 radical (unpaired) electrons. The van der Waals surface area contributed by atoms with E-state index in [1.807, 2.05) is 36.4 Å². The Morgan fingerprint density at radius 2 is 1.32 bits per heavy atom. The third kappa shape index (κ3) is 6.39. The average molecular weight is 521 g/mol. The molecule has 0 aliphatic carbocycles. The van der Waals surface area contributed by atoms with Crippen molar-refractivity contribution in [3.8, 4) is 40.2 Å². The number of methoxy groups -OCH3 is 6. The largest absolute Gasteiger partial charge is 0.504 e. The minimum absolute atomic E-state index is 0.0918. The van der Waals surface area contributed by atoms with Crippen molar-refractivity contribution in [3.63, 3.8) is 0 Å². The molecule has 38 heavy (non-hydrogen) atoms. The van der Waals surface area contributed by atoms with Gasteiger partial charge in [-0.05, 0) is 71.7 Å². The normalized spacial score (nSPS) is 11.0. The summed E-state index contributed by atoms with van der Waals surface area (Å²) in [5, 5.41) is 9.98. The van der Waals surface area contributed by atoms with Crippen molar-refractivity contribution in [2.45, 2.75) is 6.42 Å². The van der Waals surface area contributed by atoms with E-state index in [1.54, 1.807) is 53.8 Å². The van der Waals surface area contributed by atoms with Crippen molar-refractivity contribution in [2.24, 2.45) is 0 Å². The van der Waals surface area contributed by atoms with E-state index in [0.29, 0.717) is 46.5 Å². The second-order valence-electron chi connectivity index (χ2n) is 8.06. The minimum Gasteiger partial charge on any atom is -0.504 e.